The average molecular weight is 226 g/mol. The first-order valence-electron chi connectivity index (χ1n) is 7.13. The van der Waals surface area contributed by atoms with Crippen LogP contribution in [0.4, 0.5) is 0 Å². The Bertz CT molecular complexity index is 178. The molecule has 0 radical (unpaired) electrons. The number of nitrogens with one attached hydrogen (secondary N) is 1. The van der Waals surface area contributed by atoms with Crippen LogP contribution in [0.1, 0.15) is 58.8 Å². The van der Waals surface area contributed by atoms with Crippen molar-refractivity contribution in [3.8, 4) is 0 Å². The van der Waals surface area contributed by atoms with Crippen molar-refractivity contribution in [2.75, 3.05) is 14.1 Å². The Morgan fingerprint density at radius 2 is 1.75 bits per heavy atom. The number of nitrogens with zero attached hydrogens (tertiary/aromatic N) is 1. The molecule has 2 nitrogen and oxygen atoms in total. The summed E-state index contributed by atoms with van der Waals surface area (Å²) < 4.78 is 0. The van der Waals surface area contributed by atoms with E-state index in [0.717, 1.165) is 12.1 Å². The van der Waals surface area contributed by atoms with Crippen molar-refractivity contribution in [3.05, 3.63) is 0 Å². The highest BCUT2D eigenvalue weighted by Gasteiger charge is 2.28. The van der Waals surface area contributed by atoms with Gasteiger partial charge in [0.2, 0.25) is 0 Å². The number of hydrogen-bond acceptors (Lipinski definition) is 2. The highest BCUT2D eigenvalue weighted by atomic mass is 15.2. The molecule has 2 unspecified atom stereocenters. The van der Waals surface area contributed by atoms with E-state index in [1.165, 1.54) is 44.9 Å². The van der Waals surface area contributed by atoms with Crippen molar-refractivity contribution in [3.63, 3.8) is 0 Å². The maximum atomic E-state index is 3.54. The maximum Gasteiger partial charge on any atom is 0.0249 e. The summed E-state index contributed by atoms with van der Waals surface area (Å²) in [6, 6.07) is 2.21. The standard InChI is InChI=1S/C14H30N2/c1-5-12(6-2)16(4)14-11-9-7-8-10-13(14)15-3/h12-15H,5-11H2,1-4H3. The number of hydrogen-bond donors (Lipinski definition) is 1. The lowest BCUT2D eigenvalue weighted by Gasteiger charge is -2.38. The van der Waals surface area contributed by atoms with Crippen LogP contribution in [-0.2, 0) is 0 Å². The van der Waals surface area contributed by atoms with Gasteiger partial charge in [0.15, 0.2) is 0 Å². The summed E-state index contributed by atoms with van der Waals surface area (Å²) in [5.41, 5.74) is 0. The van der Waals surface area contributed by atoms with Gasteiger partial charge in [0.1, 0.15) is 0 Å². The highest BCUT2D eigenvalue weighted by molar-refractivity contribution is 4.87. The van der Waals surface area contributed by atoms with Crippen LogP contribution in [0.2, 0.25) is 0 Å². The van der Waals surface area contributed by atoms with Gasteiger partial charge in [-0.25, -0.2) is 0 Å². The molecular weight excluding hydrogens is 196 g/mol. The molecule has 0 aromatic rings. The van der Waals surface area contributed by atoms with E-state index in [-0.39, 0.29) is 0 Å². The van der Waals surface area contributed by atoms with E-state index in [1.54, 1.807) is 0 Å². The van der Waals surface area contributed by atoms with E-state index in [0.29, 0.717) is 6.04 Å². The average Bonchev–Trinajstić information content (AvgIpc) is 2.55. The smallest absolute Gasteiger partial charge is 0.0249 e. The number of likely N-dealkylation sites (N-methyl/N-ethyl adjacent to an activating group) is 2. The van der Waals surface area contributed by atoms with Gasteiger partial charge in [-0.05, 0) is 39.8 Å². The van der Waals surface area contributed by atoms with Crippen LogP contribution >= 0.6 is 0 Å². The van der Waals surface area contributed by atoms with Gasteiger partial charge in [-0.15, -0.1) is 0 Å². The minimum Gasteiger partial charge on any atom is -0.315 e. The molecule has 0 heterocycles. The van der Waals surface area contributed by atoms with Gasteiger partial charge in [-0.3, -0.25) is 4.90 Å². The van der Waals surface area contributed by atoms with Crippen LogP contribution in [0.15, 0.2) is 0 Å². The third-order valence-corrected chi connectivity index (χ3v) is 4.39. The third-order valence-electron chi connectivity index (χ3n) is 4.39. The molecule has 0 spiro atoms. The molecule has 16 heavy (non-hydrogen) atoms. The molecule has 1 fully saturated rings. The molecular formula is C14H30N2. The summed E-state index contributed by atoms with van der Waals surface area (Å²) in [6.45, 7) is 4.63. The minimum atomic E-state index is 0.702. The molecule has 1 N–H and O–H groups in total. The zero-order valence-electron chi connectivity index (χ0n) is 11.6. The second kappa shape index (κ2) is 7.29. The van der Waals surface area contributed by atoms with Gasteiger partial charge in [-0.1, -0.05) is 33.1 Å². The van der Waals surface area contributed by atoms with E-state index in [4.69, 9.17) is 0 Å². The van der Waals surface area contributed by atoms with E-state index in [2.05, 4.69) is 38.2 Å². The third kappa shape index (κ3) is 3.46. The maximum absolute atomic E-state index is 3.54. The first-order valence-corrected chi connectivity index (χ1v) is 7.13. The topological polar surface area (TPSA) is 15.3 Å². The van der Waals surface area contributed by atoms with E-state index < -0.39 is 0 Å². The van der Waals surface area contributed by atoms with Crippen molar-refractivity contribution >= 4 is 0 Å². The molecule has 0 bridgehead atoms. The predicted octanol–water partition coefficient (Wildman–Crippen LogP) is 3.03. The molecule has 1 rings (SSSR count). The summed E-state index contributed by atoms with van der Waals surface area (Å²) in [6.07, 6.45) is 9.52. The fraction of sp³-hybridized carbons (Fsp3) is 1.00. The van der Waals surface area contributed by atoms with Crippen LogP contribution in [0.25, 0.3) is 0 Å². The van der Waals surface area contributed by atoms with Crippen LogP contribution in [0.5, 0.6) is 0 Å². The molecule has 1 saturated carbocycles. The molecule has 1 aliphatic carbocycles. The zero-order chi connectivity index (χ0) is 12.0. The zero-order valence-corrected chi connectivity index (χ0v) is 11.6. The van der Waals surface area contributed by atoms with E-state index in [9.17, 15) is 0 Å². The van der Waals surface area contributed by atoms with Gasteiger partial charge < -0.3 is 5.32 Å². The molecule has 96 valence electrons. The Morgan fingerprint density at radius 3 is 2.31 bits per heavy atom. The molecule has 2 heteroatoms. The quantitative estimate of drug-likeness (QED) is 0.725. The summed E-state index contributed by atoms with van der Waals surface area (Å²) in [5, 5.41) is 3.54. The molecule has 0 aromatic carbocycles. The van der Waals surface area contributed by atoms with Crippen LogP contribution in [-0.4, -0.2) is 37.1 Å². The van der Waals surface area contributed by atoms with Crippen molar-refractivity contribution in [1.29, 1.82) is 0 Å². The first-order chi connectivity index (χ1) is 7.74. The Balaban J connectivity index is 2.64. The number of rotatable bonds is 5. The van der Waals surface area contributed by atoms with Crippen molar-refractivity contribution in [2.45, 2.75) is 76.9 Å². The monoisotopic (exact) mass is 226 g/mol. The lowest BCUT2D eigenvalue weighted by Crippen LogP contribution is -2.50. The second-order valence-electron chi connectivity index (χ2n) is 5.24. The molecule has 0 saturated heterocycles. The molecule has 0 aliphatic heterocycles. The fourth-order valence-electron chi connectivity index (χ4n) is 3.25. The lowest BCUT2D eigenvalue weighted by atomic mass is 9.98. The van der Waals surface area contributed by atoms with Gasteiger partial charge in [0, 0.05) is 18.1 Å². The summed E-state index contributed by atoms with van der Waals surface area (Å²) in [7, 11) is 4.46. The van der Waals surface area contributed by atoms with Crippen molar-refractivity contribution < 1.29 is 0 Å². The van der Waals surface area contributed by atoms with Gasteiger partial charge in [0.05, 0.1) is 0 Å². The first kappa shape index (κ1) is 14.0. The van der Waals surface area contributed by atoms with Gasteiger partial charge in [0.25, 0.3) is 0 Å². The summed E-state index contributed by atoms with van der Waals surface area (Å²) >= 11 is 0. The Morgan fingerprint density at radius 1 is 1.12 bits per heavy atom. The van der Waals surface area contributed by atoms with E-state index in [1.807, 2.05) is 0 Å². The molecule has 0 aromatic heterocycles. The highest BCUT2D eigenvalue weighted by Crippen LogP contribution is 2.24. The normalized spacial score (nSPS) is 27.4. The predicted molar refractivity (Wildman–Crippen MR) is 71.9 cm³/mol. The Labute approximate surface area is 102 Å². The van der Waals surface area contributed by atoms with Gasteiger partial charge in [-0.2, -0.15) is 0 Å². The fourth-order valence-corrected chi connectivity index (χ4v) is 3.25. The largest absolute Gasteiger partial charge is 0.315 e. The van der Waals surface area contributed by atoms with Crippen LogP contribution in [0, 0.1) is 0 Å². The van der Waals surface area contributed by atoms with Gasteiger partial charge >= 0.3 is 0 Å². The second-order valence-corrected chi connectivity index (χ2v) is 5.24. The van der Waals surface area contributed by atoms with Crippen LogP contribution in [0.3, 0.4) is 0 Å². The molecule has 0 amide bonds. The minimum absolute atomic E-state index is 0.702. The SMILES string of the molecule is CCC(CC)N(C)C1CCCCCC1NC. The summed E-state index contributed by atoms with van der Waals surface area (Å²) in [5.74, 6) is 0. The lowest BCUT2D eigenvalue weighted by molar-refractivity contribution is 0.126. The van der Waals surface area contributed by atoms with E-state index >= 15 is 0 Å². The van der Waals surface area contributed by atoms with Crippen molar-refractivity contribution in [1.82, 2.24) is 10.2 Å². The molecule has 1 aliphatic rings. The van der Waals surface area contributed by atoms with Crippen molar-refractivity contribution in [2.24, 2.45) is 0 Å². The Kier molecular flexibility index (Phi) is 6.37. The summed E-state index contributed by atoms with van der Waals surface area (Å²) in [4.78, 5) is 2.65. The Hall–Kier alpha value is -0.0800. The molecule has 2 atom stereocenters. The van der Waals surface area contributed by atoms with Crippen LogP contribution < -0.4 is 5.32 Å².